The zero-order valence-corrected chi connectivity index (χ0v) is 27.3. The predicted octanol–water partition coefficient (Wildman–Crippen LogP) is 8.55. The normalized spacial score (nSPS) is 11.8. The van der Waals surface area contributed by atoms with Crippen molar-refractivity contribution in [2.45, 2.75) is 27.2 Å². The van der Waals surface area contributed by atoms with E-state index < -0.39 is 5.41 Å². The molecule has 4 aromatic carbocycles. The lowest BCUT2D eigenvalue weighted by molar-refractivity contribution is -0.144. The number of rotatable bonds is 10. The molecule has 0 amide bonds. The molecule has 0 saturated heterocycles. The van der Waals surface area contributed by atoms with Gasteiger partial charge in [0.05, 0.1) is 53.5 Å². The van der Waals surface area contributed by atoms with Crippen LogP contribution in [0.15, 0.2) is 51.3 Å². The zero-order chi connectivity index (χ0) is 32.9. The molecule has 0 radical (unpaired) electrons. The van der Waals surface area contributed by atoms with Crippen molar-refractivity contribution in [1.29, 1.82) is 0 Å². The van der Waals surface area contributed by atoms with Gasteiger partial charge in [0.1, 0.15) is 28.1 Å². The van der Waals surface area contributed by atoms with Crippen molar-refractivity contribution >= 4 is 49.8 Å². The van der Waals surface area contributed by atoms with E-state index in [-0.39, 0.29) is 11.7 Å². The van der Waals surface area contributed by atoms with Crippen molar-refractivity contribution in [1.82, 2.24) is 0 Å². The summed E-state index contributed by atoms with van der Waals surface area (Å²) < 4.78 is 52.9. The lowest BCUT2D eigenvalue weighted by Crippen LogP contribution is -2.28. The van der Waals surface area contributed by atoms with Gasteiger partial charge in [-0.25, -0.2) is 0 Å². The van der Waals surface area contributed by atoms with Crippen LogP contribution >= 0.6 is 0 Å². The first kappa shape index (κ1) is 30.8. The van der Waals surface area contributed by atoms with Crippen molar-refractivity contribution in [2.75, 3.05) is 42.7 Å². The molecule has 2 heterocycles. The van der Waals surface area contributed by atoms with Gasteiger partial charge in [-0.1, -0.05) is 6.92 Å². The van der Waals surface area contributed by atoms with Crippen molar-refractivity contribution in [3.05, 3.63) is 42.5 Å². The SMILES string of the molecule is CCC(C)(C)C(=O)Oc1cc2c(cc1OC)oc1c2cc(-c2cc(OC)c(OC)cc2OC)c2oc3cc(OC)c(OC)cc3c21. The molecule has 0 aliphatic heterocycles. The van der Waals surface area contributed by atoms with Crippen LogP contribution in [0.4, 0.5) is 0 Å². The van der Waals surface area contributed by atoms with Crippen molar-refractivity contribution in [2.24, 2.45) is 5.41 Å². The molecule has 2 aromatic heterocycles. The minimum Gasteiger partial charge on any atom is -0.496 e. The molecule has 0 aliphatic rings. The lowest BCUT2D eigenvalue weighted by Gasteiger charge is -2.20. The summed E-state index contributed by atoms with van der Waals surface area (Å²) in [6.07, 6.45) is 0.612. The molecule has 10 nitrogen and oxygen atoms in total. The van der Waals surface area contributed by atoms with E-state index in [9.17, 15) is 4.79 Å². The molecule has 46 heavy (non-hydrogen) atoms. The van der Waals surface area contributed by atoms with E-state index in [0.717, 1.165) is 10.8 Å². The molecule has 6 aromatic rings. The molecule has 0 bridgehead atoms. The monoisotopic (exact) mass is 628 g/mol. The summed E-state index contributed by atoms with van der Waals surface area (Å²) in [7, 11) is 9.41. The Balaban J connectivity index is 1.75. The van der Waals surface area contributed by atoms with Crippen LogP contribution in [-0.2, 0) is 4.79 Å². The van der Waals surface area contributed by atoms with E-state index in [2.05, 4.69) is 0 Å². The molecular formula is C36H36O10. The maximum atomic E-state index is 13.1. The van der Waals surface area contributed by atoms with E-state index >= 15 is 0 Å². The minimum absolute atomic E-state index is 0.290. The van der Waals surface area contributed by atoms with Gasteiger partial charge < -0.3 is 42.0 Å². The maximum Gasteiger partial charge on any atom is 0.317 e. The van der Waals surface area contributed by atoms with Gasteiger partial charge in [0.25, 0.3) is 0 Å². The Labute approximate surface area is 265 Å². The number of carbonyl (C=O) groups is 1. The zero-order valence-electron chi connectivity index (χ0n) is 27.3. The Morgan fingerprint density at radius 1 is 0.565 bits per heavy atom. The average molecular weight is 629 g/mol. The molecule has 0 aliphatic carbocycles. The third-order valence-corrected chi connectivity index (χ3v) is 8.60. The fourth-order valence-electron chi connectivity index (χ4n) is 5.56. The Morgan fingerprint density at radius 3 is 1.67 bits per heavy atom. The quantitative estimate of drug-likeness (QED) is 0.108. The minimum atomic E-state index is -0.683. The highest BCUT2D eigenvalue weighted by Gasteiger charge is 2.30. The number of methoxy groups -OCH3 is 6. The number of benzene rings is 4. The number of hydrogen-bond acceptors (Lipinski definition) is 10. The molecule has 0 N–H and O–H groups in total. The second kappa shape index (κ2) is 11.6. The first-order valence-corrected chi connectivity index (χ1v) is 14.7. The third kappa shape index (κ3) is 4.76. The highest BCUT2D eigenvalue weighted by molar-refractivity contribution is 6.26. The van der Waals surface area contributed by atoms with Crippen LogP contribution in [0.5, 0.6) is 40.2 Å². The molecule has 0 atom stereocenters. The highest BCUT2D eigenvalue weighted by Crippen LogP contribution is 2.50. The Hall–Kier alpha value is -5.25. The summed E-state index contributed by atoms with van der Waals surface area (Å²) >= 11 is 0. The molecular weight excluding hydrogens is 592 g/mol. The van der Waals surface area contributed by atoms with Gasteiger partial charge in [0.2, 0.25) is 0 Å². The van der Waals surface area contributed by atoms with E-state index in [1.54, 1.807) is 59.8 Å². The summed E-state index contributed by atoms with van der Waals surface area (Å²) in [5, 5.41) is 2.93. The van der Waals surface area contributed by atoms with E-state index in [1.165, 1.54) is 7.11 Å². The second-order valence-electron chi connectivity index (χ2n) is 11.4. The number of esters is 1. The fourth-order valence-corrected chi connectivity index (χ4v) is 5.56. The van der Waals surface area contributed by atoms with Crippen molar-refractivity contribution in [3.63, 3.8) is 0 Å². The highest BCUT2D eigenvalue weighted by atomic mass is 16.6. The Bertz CT molecular complexity index is 2130. The number of furan rings is 2. The van der Waals surface area contributed by atoms with Gasteiger partial charge in [0.15, 0.2) is 34.5 Å². The van der Waals surface area contributed by atoms with Gasteiger partial charge in [-0.2, -0.15) is 0 Å². The Kier molecular flexibility index (Phi) is 7.75. The fraction of sp³-hybridized carbons (Fsp3) is 0.306. The summed E-state index contributed by atoms with van der Waals surface area (Å²) in [5.74, 6) is 2.92. The largest absolute Gasteiger partial charge is 0.496 e. The van der Waals surface area contributed by atoms with Crippen LogP contribution < -0.4 is 33.2 Å². The predicted molar refractivity (Wildman–Crippen MR) is 175 cm³/mol. The lowest BCUT2D eigenvalue weighted by atomic mass is 9.91. The van der Waals surface area contributed by atoms with E-state index in [1.807, 2.05) is 39.0 Å². The Morgan fingerprint density at radius 2 is 1.07 bits per heavy atom. The number of ether oxygens (including phenoxy) is 7. The van der Waals surface area contributed by atoms with Crippen LogP contribution in [0.3, 0.4) is 0 Å². The van der Waals surface area contributed by atoms with Crippen LogP contribution in [0.25, 0.3) is 55.0 Å². The van der Waals surface area contributed by atoms with Crippen LogP contribution in [0, 0.1) is 5.41 Å². The summed E-state index contributed by atoms with van der Waals surface area (Å²) in [4.78, 5) is 13.1. The topological polar surface area (TPSA) is 108 Å². The first-order valence-electron chi connectivity index (χ1n) is 14.7. The summed E-state index contributed by atoms with van der Waals surface area (Å²) in [6.45, 7) is 5.64. The van der Waals surface area contributed by atoms with Gasteiger partial charge in [-0.3, -0.25) is 4.79 Å². The number of fused-ring (bicyclic) bond motifs is 7. The standard InChI is InChI=1S/C36H36O10/c1-10-36(2,3)35(37)46-31-13-19-21-11-20(18-12-26(39-5)28(41-7)15-23(18)38-4)33-32(34(21)44-24(19)16-30(31)43-9)22-14-27(40-6)29(42-8)17-25(22)45-33/h11-17H,10H2,1-9H3. The molecule has 0 saturated carbocycles. The van der Waals surface area contributed by atoms with Crippen LogP contribution in [0.1, 0.15) is 27.2 Å². The smallest absolute Gasteiger partial charge is 0.317 e. The average Bonchev–Trinajstić information content (AvgIpc) is 3.63. The van der Waals surface area contributed by atoms with Gasteiger partial charge in [0, 0.05) is 45.5 Å². The molecule has 240 valence electrons. The molecule has 6 rings (SSSR count). The molecule has 0 spiro atoms. The van der Waals surface area contributed by atoms with E-state index in [4.69, 9.17) is 42.0 Å². The second-order valence-corrected chi connectivity index (χ2v) is 11.4. The van der Waals surface area contributed by atoms with Crippen molar-refractivity contribution < 1.29 is 46.8 Å². The van der Waals surface area contributed by atoms with E-state index in [0.29, 0.717) is 85.1 Å². The summed E-state index contributed by atoms with van der Waals surface area (Å²) in [6, 6.07) is 12.7. The summed E-state index contributed by atoms with van der Waals surface area (Å²) in [5.41, 5.74) is 2.94. The molecule has 0 unspecified atom stereocenters. The van der Waals surface area contributed by atoms with Crippen molar-refractivity contribution in [3.8, 4) is 51.4 Å². The number of hydrogen-bond donors (Lipinski definition) is 0. The molecule has 0 fully saturated rings. The number of carbonyl (C=O) groups excluding carboxylic acids is 1. The van der Waals surface area contributed by atoms with Gasteiger partial charge in [-0.15, -0.1) is 0 Å². The first-order chi connectivity index (χ1) is 22.1. The third-order valence-electron chi connectivity index (χ3n) is 8.60. The van der Waals surface area contributed by atoms with Gasteiger partial charge >= 0.3 is 5.97 Å². The maximum absolute atomic E-state index is 13.1. The van der Waals surface area contributed by atoms with Crippen LogP contribution in [-0.4, -0.2) is 48.6 Å². The van der Waals surface area contributed by atoms with Crippen LogP contribution in [0.2, 0.25) is 0 Å². The van der Waals surface area contributed by atoms with Gasteiger partial charge in [-0.05, 0) is 44.5 Å². The molecule has 10 heteroatoms.